The zero-order valence-electron chi connectivity index (χ0n) is 15.0. The summed E-state index contributed by atoms with van der Waals surface area (Å²) >= 11 is 0. The normalized spacial score (nSPS) is 13.1. The Bertz CT molecular complexity index is 1130. The molecule has 5 N–H and O–H groups in total. The van der Waals surface area contributed by atoms with E-state index in [2.05, 4.69) is 5.32 Å². The van der Waals surface area contributed by atoms with E-state index < -0.39 is 11.7 Å². The number of nitrogen functional groups attached to an aromatic ring is 2. The van der Waals surface area contributed by atoms with Crippen LogP contribution in [0.15, 0.2) is 54.6 Å². The van der Waals surface area contributed by atoms with Crippen LogP contribution in [0.2, 0.25) is 0 Å². The fourth-order valence-corrected chi connectivity index (χ4v) is 3.17. The molecule has 0 saturated carbocycles. The van der Waals surface area contributed by atoms with Gasteiger partial charge in [0.15, 0.2) is 5.78 Å². The first-order valence-corrected chi connectivity index (χ1v) is 8.66. The molecule has 0 aliphatic carbocycles. The first-order valence-electron chi connectivity index (χ1n) is 8.66. The van der Waals surface area contributed by atoms with Crippen LogP contribution in [-0.2, 0) is 12.8 Å². The number of fused-ring (bicyclic) bond motifs is 2. The van der Waals surface area contributed by atoms with Gasteiger partial charge in [-0.1, -0.05) is 0 Å². The Morgan fingerprint density at radius 3 is 2.41 bits per heavy atom. The smallest absolute Gasteiger partial charge is 0.416 e. The minimum Gasteiger partial charge on any atom is -0.488 e. The van der Waals surface area contributed by atoms with Crippen molar-refractivity contribution in [2.24, 2.45) is 0 Å². The van der Waals surface area contributed by atoms with E-state index in [0.717, 1.165) is 12.1 Å². The lowest BCUT2D eigenvalue weighted by molar-refractivity contribution is -0.137. The predicted octanol–water partition coefficient (Wildman–Crippen LogP) is 4.74. The van der Waals surface area contributed by atoms with Gasteiger partial charge in [0.2, 0.25) is 0 Å². The van der Waals surface area contributed by atoms with Crippen molar-refractivity contribution in [1.29, 1.82) is 0 Å². The summed E-state index contributed by atoms with van der Waals surface area (Å²) in [5.74, 6) is 0.174. The summed E-state index contributed by atoms with van der Waals surface area (Å²) in [5, 5.41) is 2.96. The molecule has 0 aromatic heterocycles. The van der Waals surface area contributed by atoms with Gasteiger partial charge in [-0.25, -0.2) is 0 Å². The molecule has 0 saturated heterocycles. The number of hydrogen-bond acceptors (Lipinski definition) is 5. The summed E-state index contributed by atoms with van der Waals surface area (Å²) in [6, 6.07) is 12.9. The van der Waals surface area contributed by atoms with Crippen LogP contribution in [0.3, 0.4) is 0 Å². The van der Waals surface area contributed by atoms with Gasteiger partial charge in [-0.15, -0.1) is 0 Å². The van der Waals surface area contributed by atoms with E-state index in [0.29, 0.717) is 39.5 Å². The number of nitrogens with one attached hydrogen (secondary N) is 1. The minimum absolute atomic E-state index is 0.0466. The molecule has 3 aromatic carbocycles. The number of nitrogens with two attached hydrogens (primary N) is 2. The van der Waals surface area contributed by atoms with Gasteiger partial charge in [0.25, 0.3) is 0 Å². The van der Waals surface area contributed by atoms with Crippen molar-refractivity contribution in [1.82, 2.24) is 0 Å². The highest BCUT2D eigenvalue weighted by molar-refractivity contribution is 6.12. The summed E-state index contributed by atoms with van der Waals surface area (Å²) in [6.45, 7) is 0.172. The molecule has 0 radical (unpaired) electrons. The van der Waals surface area contributed by atoms with Crippen LogP contribution in [0.5, 0.6) is 5.75 Å². The van der Waals surface area contributed by atoms with Gasteiger partial charge in [0, 0.05) is 28.6 Å². The number of hydrogen-bond donors (Lipinski definition) is 3. The number of ether oxygens (including phenoxy) is 1. The fraction of sp³-hybridized carbons (Fsp3) is 0.0952. The minimum atomic E-state index is -4.47. The summed E-state index contributed by atoms with van der Waals surface area (Å²) < 4.78 is 44.2. The molecule has 0 spiro atoms. The summed E-state index contributed by atoms with van der Waals surface area (Å²) in [5.41, 5.74) is 13.6. The van der Waals surface area contributed by atoms with Gasteiger partial charge in [0.05, 0.1) is 22.5 Å². The Balaban J connectivity index is 1.63. The summed E-state index contributed by atoms with van der Waals surface area (Å²) in [6.07, 6.45) is -4.47. The van der Waals surface area contributed by atoms with Crippen molar-refractivity contribution < 1.29 is 22.7 Å². The third-order valence-electron chi connectivity index (χ3n) is 4.64. The molecule has 0 unspecified atom stereocenters. The molecule has 4 rings (SSSR count). The molecule has 5 nitrogen and oxygen atoms in total. The van der Waals surface area contributed by atoms with Crippen molar-refractivity contribution in [3.8, 4) is 5.75 Å². The lowest BCUT2D eigenvalue weighted by atomic mass is 9.98. The van der Waals surface area contributed by atoms with E-state index in [1.807, 2.05) is 0 Å². The van der Waals surface area contributed by atoms with E-state index in [9.17, 15) is 18.0 Å². The fourth-order valence-electron chi connectivity index (χ4n) is 3.17. The van der Waals surface area contributed by atoms with Crippen molar-refractivity contribution in [2.45, 2.75) is 12.8 Å². The van der Waals surface area contributed by atoms with E-state index in [-0.39, 0.29) is 18.1 Å². The number of halogens is 3. The maximum absolute atomic E-state index is 12.8. The zero-order valence-corrected chi connectivity index (χ0v) is 15.0. The highest BCUT2D eigenvalue weighted by Gasteiger charge is 2.31. The Labute approximate surface area is 164 Å². The summed E-state index contributed by atoms with van der Waals surface area (Å²) in [4.78, 5) is 12.8. The van der Waals surface area contributed by atoms with Crippen molar-refractivity contribution >= 4 is 28.5 Å². The van der Waals surface area contributed by atoms with E-state index >= 15 is 0 Å². The summed E-state index contributed by atoms with van der Waals surface area (Å²) in [7, 11) is 0. The van der Waals surface area contributed by atoms with Crippen LogP contribution in [0, 0.1) is 0 Å². The van der Waals surface area contributed by atoms with Gasteiger partial charge < -0.3 is 21.5 Å². The second-order valence-electron chi connectivity index (χ2n) is 6.67. The predicted molar refractivity (Wildman–Crippen MR) is 104 cm³/mol. The zero-order chi connectivity index (χ0) is 20.8. The number of benzene rings is 3. The van der Waals surface area contributed by atoms with Gasteiger partial charge in [0.1, 0.15) is 12.4 Å². The van der Waals surface area contributed by atoms with Crippen LogP contribution in [0.25, 0.3) is 0 Å². The van der Waals surface area contributed by atoms with Crippen LogP contribution in [0.1, 0.15) is 27.0 Å². The molecule has 3 aromatic rings. The van der Waals surface area contributed by atoms with Crippen LogP contribution < -0.4 is 21.5 Å². The van der Waals surface area contributed by atoms with E-state index in [4.69, 9.17) is 16.2 Å². The Kier molecular flexibility index (Phi) is 4.34. The molecular formula is C21H16F3N3O2. The average molecular weight is 399 g/mol. The Morgan fingerprint density at radius 1 is 0.931 bits per heavy atom. The highest BCUT2D eigenvalue weighted by Crippen LogP contribution is 2.36. The Hall–Kier alpha value is -3.68. The molecule has 1 aliphatic heterocycles. The van der Waals surface area contributed by atoms with Crippen LogP contribution in [0.4, 0.5) is 35.9 Å². The molecule has 0 bridgehead atoms. The first kappa shape index (κ1) is 18.7. The largest absolute Gasteiger partial charge is 0.488 e. The van der Waals surface area contributed by atoms with Crippen molar-refractivity contribution in [3.63, 3.8) is 0 Å². The number of rotatable bonds is 2. The monoisotopic (exact) mass is 399 g/mol. The molecule has 29 heavy (non-hydrogen) atoms. The molecule has 1 heterocycles. The van der Waals surface area contributed by atoms with Gasteiger partial charge in [-0.2, -0.15) is 13.2 Å². The molecule has 0 amide bonds. The molecule has 148 valence electrons. The van der Waals surface area contributed by atoms with E-state index in [1.54, 1.807) is 36.4 Å². The standard InChI is InChI=1S/C21H16F3N3O2/c22-21(23,24)12-1-6-18(17(26)8-12)27-14-3-5-16-19(9-14)29-10-11-7-13(25)2-4-15(11)20(16)28/h1-9,27H,10,25-26H2. The van der Waals surface area contributed by atoms with Crippen LogP contribution in [-0.4, -0.2) is 5.78 Å². The maximum atomic E-state index is 12.8. The van der Waals surface area contributed by atoms with Gasteiger partial charge >= 0.3 is 6.18 Å². The van der Waals surface area contributed by atoms with Crippen molar-refractivity contribution in [2.75, 3.05) is 16.8 Å². The molecule has 0 atom stereocenters. The number of anilines is 4. The third-order valence-corrected chi connectivity index (χ3v) is 4.64. The Morgan fingerprint density at radius 2 is 1.69 bits per heavy atom. The quantitative estimate of drug-likeness (QED) is 0.542. The lowest BCUT2D eigenvalue weighted by Gasteiger charge is -2.14. The number of carbonyl (C=O) groups is 1. The van der Waals surface area contributed by atoms with Crippen molar-refractivity contribution in [3.05, 3.63) is 76.9 Å². The number of alkyl halides is 3. The molecule has 0 fully saturated rings. The van der Waals surface area contributed by atoms with Crippen LogP contribution >= 0.6 is 0 Å². The second-order valence-corrected chi connectivity index (χ2v) is 6.67. The average Bonchev–Trinajstić information content (AvgIpc) is 2.79. The van der Waals surface area contributed by atoms with Gasteiger partial charge in [-0.3, -0.25) is 4.79 Å². The second kappa shape index (κ2) is 6.73. The van der Waals surface area contributed by atoms with Gasteiger partial charge in [-0.05, 0) is 48.5 Å². The third kappa shape index (κ3) is 3.56. The highest BCUT2D eigenvalue weighted by atomic mass is 19.4. The molecule has 8 heteroatoms. The number of carbonyl (C=O) groups excluding carboxylic acids is 1. The molecular weight excluding hydrogens is 383 g/mol. The topological polar surface area (TPSA) is 90.4 Å². The SMILES string of the molecule is Nc1ccc2c(c1)COc1cc(Nc3ccc(C(F)(F)F)cc3N)ccc1C2=O. The lowest BCUT2D eigenvalue weighted by Crippen LogP contribution is -2.07. The first-order chi connectivity index (χ1) is 13.7. The molecule has 1 aliphatic rings. The maximum Gasteiger partial charge on any atom is 0.416 e. The number of ketones is 1. The van der Waals surface area contributed by atoms with E-state index in [1.165, 1.54) is 6.07 Å².